The molecule has 4 amide bonds. The van der Waals surface area contributed by atoms with Crippen molar-refractivity contribution in [2.45, 2.75) is 87.1 Å². The Morgan fingerprint density at radius 2 is 0.653 bits per heavy atom. The van der Waals surface area contributed by atoms with Gasteiger partial charge in [0.25, 0.3) is 23.6 Å². The second-order valence-electron chi connectivity index (χ2n) is 38.8. The van der Waals surface area contributed by atoms with E-state index in [1.165, 1.54) is 96.7 Å². The lowest BCUT2D eigenvalue weighted by Crippen LogP contribution is -2.68. The molecule has 9 aliphatic heterocycles. The van der Waals surface area contributed by atoms with Gasteiger partial charge in [-0.05, 0) is 147 Å². The molecule has 29 rings (SSSR count). The SMILES string of the molecule is CN1Cc2c(ccc(F)c2F)C(N2C3COCCN3C(=O)c3c(O)c(=O)ccn32)[C@@H]2C3CCC(CC3)[C@H]21.O=C1c2c(O)c(=O)ccn2N(C2c3ccccc3-c3sccc3-c3c2ccc(F)c3F)C2COCCN12.O=C1c2c(O)c(=O)ccn2N([C@@H]2c3ccccc3-c3sc(F)c(F)c3-c3c2ccc(F)c3F)[C@@H]2COCCN12.O=C1c2c(O)c(=O)ccn2N([C@@H]2c3ccccc3-c3sccc3-c3c2ccc(F)c3F)[C@@H]2COCCN12. The molecule has 0 spiro atoms. The third-order valence-corrected chi connectivity index (χ3v) is 34.4. The number of nitrogens with zero attached hydrogens (tertiary/aromatic N) is 13. The van der Waals surface area contributed by atoms with Crippen LogP contribution in [0.15, 0.2) is 212 Å². The Morgan fingerprint density at radius 1 is 0.327 bits per heavy atom. The molecule has 4 saturated heterocycles. The molecule has 29 nitrogen and oxygen atoms in total. The summed E-state index contributed by atoms with van der Waals surface area (Å²) in [6, 6.07) is 37.9. The van der Waals surface area contributed by atoms with Gasteiger partial charge in [0.05, 0.1) is 77.0 Å². The zero-order chi connectivity index (χ0) is 104. The highest BCUT2D eigenvalue weighted by Crippen LogP contribution is 2.60. The monoisotopic (exact) mass is 2110 g/mol. The van der Waals surface area contributed by atoms with E-state index in [-0.39, 0.29) is 109 Å². The van der Waals surface area contributed by atoms with E-state index in [1.807, 2.05) is 81.4 Å². The van der Waals surface area contributed by atoms with Crippen LogP contribution in [0.3, 0.4) is 0 Å². The molecule has 42 heteroatoms. The van der Waals surface area contributed by atoms with E-state index in [1.54, 1.807) is 79.0 Å². The van der Waals surface area contributed by atoms with Crippen molar-refractivity contribution < 1.29 is 102 Å². The standard InChI is InChI=1S/C27H17F4N3O4S.C27H30F2N4O4.2C27H19F2N3O4S/c28-15-6-5-14-18(20(15)29)19-21(30)26(31)39-25(19)13-4-2-1-3-12(13)22(14)34-17-11-38-10-9-32(17)27(37)23-24(36)16(35)7-8-33(23)34;1-30-12-17-16(6-7-18(28)22(17)29)24(21-14-2-4-15(5-3-14)23(21)30)33-20-13-37-11-10-31(20)27(36)25-26(35)19(34)8-9-32(25)33;2*28-18-6-5-16-21(22(18)29)17-8-12-37-26(17)15-4-2-1-3-14(15)23(16)32-20-13-36-11-10-30(20)27(35)24-25(34)19(33)7-9-31(24)32/h1-8,17,22,36H,9-11H2;6-9,14-15,20-21,23-24,35H,2-5,10-13H2,1H3;2*1-9,12,20,23,34H,10-11,13H2/t17-,22-;14?,15?,20?,21-,23-,24?;20-,23-;/m111./s1. The van der Waals surface area contributed by atoms with E-state index >= 15 is 22.0 Å². The van der Waals surface area contributed by atoms with Crippen LogP contribution in [0.1, 0.15) is 136 Å². The summed E-state index contributed by atoms with van der Waals surface area (Å²) < 4.78 is 180. The fourth-order valence-electron chi connectivity index (χ4n) is 25.2. The lowest BCUT2D eigenvalue weighted by atomic mass is 9.58. The number of thiophene rings is 3. The average molecular weight is 2110 g/mol. The molecule has 14 aromatic rings. The molecule has 150 heavy (non-hydrogen) atoms. The largest absolute Gasteiger partial charge is 0.502 e. The summed E-state index contributed by atoms with van der Waals surface area (Å²) in [5.74, 6) is -13.3. The maximum atomic E-state index is 15.6. The number of ether oxygens (including phenoxy) is 4. The minimum atomic E-state index is -1.35. The van der Waals surface area contributed by atoms with Gasteiger partial charge >= 0.3 is 0 Å². The number of halogens is 10. The van der Waals surface area contributed by atoms with Crippen LogP contribution in [0.4, 0.5) is 43.9 Å². The molecule has 16 heterocycles. The van der Waals surface area contributed by atoms with Crippen molar-refractivity contribution >= 4 is 57.6 Å². The molecular formula is C108H85F10N13O16S3. The van der Waals surface area contributed by atoms with Crippen molar-refractivity contribution in [2.24, 2.45) is 17.8 Å². The number of benzene rings is 7. The summed E-state index contributed by atoms with van der Waals surface area (Å²) in [4.78, 5) is 113. The topological polar surface area (TPSA) is 303 Å². The van der Waals surface area contributed by atoms with Crippen LogP contribution < -0.4 is 41.8 Å². The van der Waals surface area contributed by atoms with E-state index in [2.05, 4.69) is 4.90 Å². The molecule has 3 saturated carbocycles. The molecule has 2 bridgehead atoms. The summed E-state index contributed by atoms with van der Waals surface area (Å²) in [5.41, 5.74) is 3.38. The number of pyridine rings is 4. The lowest BCUT2D eigenvalue weighted by Gasteiger charge is -2.58. The maximum Gasteiger partial charge on any atom is 0.278 e. The molecular weight excluding hydrogens is 2020 g/mol. The number of aromatic hydroxyl groups is 4. The first-order valence-electron chi connectivity index (χ1n) is 48.6. The van der Waals surface area contributed by atoms with Crippen LogP contribution in [-0.4, -0.2) is 204 Å². The Balaban J connectivity index is 0.000000104. The summed E-state index contributed by atoms with van der Waals surface area (Å²) in [6.07, 6.45) is 7.45. The van der Waals surface area contributed by atoms with Gasteiger partial charge in [0.15, 0.2) is 98.1 Å². The molecule has 15 aliphatic rings. The van der Waals surface area contributed by atoms with Gasteiger partial charge < -0.3 is 59.0 Å². The number of carbonyl (C=O) groups is 4. The first kappa shape index (κ1) is 95.7. The predicted molar refractivity (Wildman–Crippen MR) is 529 cm³/mol. The first-order valence-corrected chi connectivity index (χ1v) is 51.2. The van der Waals surface area contributed by atoms with Gasteiger partial charge in [-0.25, -0.2) is 39.5 Å². The Hall–Kier alpha value is -15.2. The molecule has 10 atom stereocenters. The van der Waals surface area contributed by atoms with Crippen molar-refractivity contribution in [1.29, 1.82) is 0 Å². The molecule has 7 fully saturated rings. The van der Waals surface area contributed by atoms with Gasteiger partial charge in [-0.1, -0.05) is 97.1 Å². The quantitative estimate of drug-likeness (QED) is 0.119. The van der Waals surface area contributed by atoms with Crippen molar-refractivity contribution in [3.05, 3.63) is 359 Å². The van der Waals surface area contributed by atoms with Gasteiger partial charge in [0, 0.05) is 147 Å². The highest BCUT2D eigenvalue weighted by atomic mass is 32.1. The van der Waals surface area contributed by atoms with Crippen molar-refractivity contribution in [2.75, 3.05) is 106 Å². The van der Waals surface area contributed by atoms with Gasteiger partial charge in [-0.2, -0.15) is 4.39 Å². The zero-order valence-electron chi connectivity index (χ0n) is 78.9. The van der Waals surface area contributed by atoms with Crippen LogP contribution >= 0.6 is 34.0 Å². The fraction of sp³-hybridized carbons (Fsp3) is 0.278. The number of hydrogen-bond donors (Lipinski definition) is 4. The van der Waals surface area contributed by atoms with E-state index in [0.29, 0.717) is 101 Å². The predicted octanol–water partition coefficient (Wildman–Crippen LogP) is 15.1. The highest BCUT2D eigenvalue weighted by molar-refractivity contribution is 7.15. The number of aromatic nitrogens is 4. The third kappa shape index (κ3) is 14.4. The number of carbonyl (C=O) groups excluding carboxylic acids is 4. The molecule has 7 aromatic carbocycles. The van der Waals surface area contributed by atoms with Crippen molar-refractivity contribution in [3.63, 3.8) is 0 Å². The Morgan fingerprint density at radius 3 is 1.04 bits per heavy atom. The van der Waals surface area contributed by atoms with E-state index in [9.17, 15) is 80.7 Å². The Bertz CT molecular complexity index is 8090. The van der Waals surface area contributed by atoms with Crippen LogP contribution in [0.5, 0.6) is 23.0 Å². The van der Waals surface area contributed by atoms with Crippen LogP contribution in [0, 0.1) is 75.2 Å². The van der Waals surface area contributed by atoms with E-state index in [0.717, 1.165) is 82.0 Å². The summed E-state index contributed by atoms with van der Waals surface area (Å²) in [7, 11) is 2.00. The Labute approximate surface area is 855 Å². The second-order valence-corrected chi connectivity index (χ2v) is 41.6. The van der Waals surface area contributed by atoms with Crippen LogP contribution in [-0.2, 0) is 25.5 Å². The van der Waals surface area contributed by atoms with Crippen molar-refractivity contribution in [3.8, 4) is 87.7 Å². The number of morpholine rings is 4. The molecule has 4 unspecified atom stereocenters. The summed E-state index contributed by atoms with van der Waals surface area (Å²) in [6.45, 7) is 2.90. The normalized spacial score (nSPS) is 23.0. The second kappa shape index (κ2) is 36.6. The minimum absolute atomic E-state index is 0.0144. The maximum absolute atomic E-state index is 15.6. The number of hydrogen-bond acceptors (Lipinski definition) is 24. The van der Waals surface area contributed by atoms with Gasteiger partial charge in [-0.15, -0.1) is 34.0 Å². The minimum Gasteiger partial charge on any atom is -0.502 e. The van der Waals surface area contributed by atoms with E-state index < -0.39 is 186 Å². The third-order valence-electron chi connectivity index (χ3n) is 31.5. The average Bonchev–Trinajstić information content (AvgIpc) is 1.61. The zero-order valence-corrected chi connectivity index (χ0v) is 81.4. The summed E-state index contributed by atoms with van der Waals surface area (Å²) >= 11 is 3.36. The Kier molecular flexibility index (Phi) is 23.4. The van der Waals surface area contributed by atoms with Gasteiger partial charge in [0.1, 0.15) is 24.7 Å². The smallest absolute Gasteiger partial charge is 0.278 e. The number of fused-ring (bicyclic) bond motifs is 26. The fourth-order valence-corrected chi connectivity index (χ4v) is 28.1. The molecule has 766 valence electrons. The van der Waals surface area contributed by atoms with Crippen LogP contribution in [0.2, 0.25) is 0 Å². The van der Waals surface area contributed by atoms with Crippen molar-refractivity contribution in [1.82, 2.24) is 43.2 Å². The molecule has 4 N–H and O–H groups in total. The first-order chi connectivity index (χ1) is 72.6. The van der Waals surface area contributed by atoms with E-state index in [4.69, 9.17) is 18.9 Å². The summed E-state index contributed by atoms with van der Waals surface area (Å²) in [5, 5.41) is 52.7. The molecule has 6 aliphatic carbocycles. The van der Waals surface area contributed by atoms with Gasteiger partial charge in [-0.3, -0.25) is 82.0 Å². The lowest BCUT2D eigenvalue weighted by molar-refractivity contribution is -0.0510. The molecule has 7 aromatic heterocycles. The number of rotatable bonds is 4. The molecule has 0 radical (unpaired) electrons. The van der Waals surface area contributed by atoms with Crippen LogP contribution in [0.25, 0.3) is 64.7 Å². The van der Waals surface area contributed by atoms with Gasteiger partial charge in [0.2, 0.25) is 26.8 Å². The highest BCUT2D eigenvalue weighted by Gasteiger charge is 2.58. The number of amides is 4.